The van der Waals surface area contributed by atoms with Crippen molar-refractivity contribution in [3.8, 4) is 0 Å². The highest BCUT2D eigenvalue weighted by atomic mass is 32.2. The summed E-state index contributed by atoms with van der Waals surface area (Å²) in [4.78, 5) is 20.1. The van der Waals surface area contributed by atoms with Crippen LogP contribution in [0.2, 0.25) is 0 Å². The Kier molecular flexibility index (Phi) is 8.90. The molecular weight excluding hydrogens is 506 g/mol. The summed E-state index contributed by atoms with van der Waals surface area (Å²) in [6, 6.07) is 15.3. The largest absolute Gasteiger partial charge is 0.334 e. The lowest BCUT2D eigenvalue weighted by Gasteiger charge is -2.30. The number of carbonyl (C=O) groups excluding carboxylic acids is 1. The molecule has 0 bridgehead atoms. The van der Waals surface area contributed by atoms with E-state index >= 15 is 0 Å². The number of allylic oxidation sites excluding steroid dienone is 4. The van der Waals surface area contributed by atoms with E-state index < -0.39 is 10.0 Å². The molecule has 0 N–H and O–H groups in total. The molecule has 1 aliphatic carbocycles. The number of benzene rings is 2. The Morgan fingerprint density at radius 2 is 1.79 bits per heavy atom. The van der Waals surface area contributed by atoms with Crippen molar-refractivity contribution in [3.63, 3.8) is 0 Å². The maximum Gasteiger partial charge on any atom is 0.264 e. The maximum absolute atomic E-state index is 14.1. The van der Waals surface area contributed by atoms with E-state index in [1.807, 2.05) is 66.5 Å². The Bertz CT molecular complexity index is 1390. The Labute approximate surface area is 233 Å². The van der Waals surface area contributed by atoms with Crippen molar-refractivity contribution >= 4 is 22.1 Å². The van der Waals surface area contributed by atoms with Gasteiger partial charge in [0.1, 0.15) is 6.54 Å². The van der Waals surface area contributed by atoms with Crippen molar-refractivity contribution in [2.45, 2.75) is 69.9 Å². The first kappa shape index (κ1) is 28.6. The van der Waals surface area contributed by atoms with E-state index in [2.05, 4.69) is 31.8 Å². The topological polar surface area (TPSA) is 70.1 Å². The lowest BCUT2D eigenvalue weighted by molar-refractivity contribution is -0.132. The van der Waals surface area contributed by atoms with E-state index in [9.17, 15) is 13.2 Å². The van der Waals surface area contributed by atoms with Crippen molar-refractivity contribution in [1.82, 2.24) is 9.21 Å². The third-order valence-corrected chi connectivity index (χ3v) is 8.70. The van der Waals surface area contributed by atoms with Crippen LogP contribution in [-0.2, 0) is 26.8 Å². The van der Waals surface area contributed by atoms with Crippen LogP contribution >= 0.6 is 0 Å². The lowest BCUT2D eigenvalue weighted by Crippen LogP contribution is -2.43. The fourth-order valence-corrected chi connectivity index (χ4v) is 5.96. The Morgan fingerprint density at radius 3 is 2.46 bits per heavy atom. The fourth-order valence-electron chi connectivity index (χ4n) is 4.53. The van der Waals surface area contributed by atoms with E-state index in [4.69, 9.17) is 0 Å². The summed E-state index contributed by atoms with van der Waals surface area (Å²) < 4.78 is 29.5. The summed E-state index contributed by atoms with van der Waals surface area (Å²) >= 11 is 0. The van der Waals surface area contributed by atoms with Gasteiger partial charge in [-0.15, -0.1) is 0 Å². The summed E-state index contributed by atoms with van der Waals surface area (Å²) in [5.74, 6) is -0.200. The summed E-state index contributed by atoms with van der Waals surface area (Å²) in [6.45, 7) is 8.92. The molecule has 0 atom stereocenters. The molecule has 0 spiro atoms. The Morgan fingerprint density at radius 1 is 1.05 bits per heavy atom. The van der Waals surface area contributed by atoms with Crippen LogP contribution in [-0.4, -0.2) is 48.9 Å². The van der Waals surface area contributed by atoms with Gasteiger partial charge in [-0.05, 0) is 67.0 Å². The van der Waals surface area contributed by atoms with E-state index in [0.717, 1.165) is 29.5 Å². The van der Waals surface area contributed by atoms with Gasteiger partial charge in [0.05, 0.1) is 11.4 Å². The van der Waals surface area contributed by atoms with Gasteiger partial charge in [-0.25, -0.2) is 8.42 Å². The van der Waals surface area contributed by atoms with Crippen LogP contribution in [0.3, 0.4) is 0 Å². The van der Waals surface area contributed by atoms with Crippen LogP contribution in [0, 0.1) is 6.92 Å². The number of nitrogens with zero attached hydrogens (tertiary/aromatic N) is 3. The highest BCUT2D eigenvalue weighted by Crippen LogP contribution is 2.31. The minimum atomic E-state index is -4.02. The Balaban J connectivity index is 1.69. The predicted molar refractivity (Wildman–Crippen MR) is 158 cm³/mol. The number of hydrogen-bond donors (Lipinski definition) is 0. The van der Waals surface area contributed by atoms with E-state index in [-0.39, 0.29) is 28.8 Å². The highest BCUT2D eigenvalue weighted by molar-refractivity contribution is 7.89. The number of aliphatic imine (C=N–C) groups is 1. The van der Waals surface area contributed by atoms with Gasteiger partial charge >= 0.3 is 0 Å². The third kappa shape index (κ3) is 7.57. The SMILES string of the molecule is Cc1cccc(CN(C(=O)CN(C2=C/C/C=C\C=N/C/C=C\2)S(=O)(=O)c2ccc(C(C)(C)C)cc2)C2CC2)c1. The number of rotatable bonds is 8. The van der Waals surface area contributed by atoms with Gasteiger partial charge in [0.15, 0.2) is 0 Å². The fraction of sp³-hybridized carbons (Fsp3) is 0.375. The molecule has 1 heterocycles. The quantitative estimate of drug-likeness (QED) is 0.412. The first-order valence-corrected chi connectivity index (χ1v) is 15.0. The molecule has 2 aromatic carbocycles. The van der Waals surface area contributed by atoms with Crippen molar-refractivity contribution in [1.29, 1.82) is 0 Å². The van der Waals surface area contributed by atoms with Crippen LogP contribution < -0.4 is 0 Å². The first-order chi connectivity index (χ1) is 18.6. The average molecular weight is 546 g/mol. The molecule has 2 aliphatic rings. The van der Waals surface area contributed by atoms with Crippen molar-refractivity contribution in [3.05, 3.63) is 101 Å². The second-order valence-electron chi connectivity index (χ2n) is 11.2. The van der Waals surface area contributed by atoms with Gasteiger partial charge in [0.25, 0.3) is 10.0 Å². The zero-order valence-electron chi connectivity index (χ0n) is 23.4. The van der Waals surface area contributed by atoms with Crippen LogP contribution in [0.1, 0.15) is 56.7 Å². The summed E-state index contributed by atoms with van der Waals surface area (Å²) in [6.07, 6.45) is 13.3. The molecule has 4 rings (SSSR count). The standard InChI is InChI=1S/C32H39N3O3S/c1-25-10-8-11-26(22-25)23-34(28-16-17-28)31(36)24-35(29-12-6-5-7-20-33-21-9-13-29)39(37,38)30-18-14-27(15-19-30)32(2,3)4/h5,7-15,18-20,22,28H,6,16-17,21,23-24H2,1-4H3/b7-5-,13-9-,29-12+,33-20-. The molecule has 39 heavy (non-hydrogen) atoms. The number of hydrogen-bond acceptors (Lipinski definition) is 4. The number of aryl methyl sites for hydroxylation is 1. The molecule has 1 fully saturated rings. The molecule has 0 unspecified atom stereocenters. The summed E-state index contributed by atoms with van der Waals surface area (Å²) in [7, 11) is -4.02. The van der Waals surface area contributed by atoms with E-state index in [1.54, 1.807) is 24.4 Å². The molecule has 0 aromatic heterocycles. The van der Waals surface area contributed by atoms with Crippen LogP contribution in [0.5, 0.6) is 0 Å². The zero-order chi connectivity index (χ0) is 28.0. The first-order valence-electron chi connectivity index (χ1n) is 13.6. The number of carbonyl (C=O) groups is 1. The second-order valence-corrected chi connectivity index (χ2v) is 13.1. The number of amides is 1. The summed E-state index contributed by atoms with van der Waals surface area (Å²) in [5.41, 5.74) is 3.58. The monoisotopic (exact) mass is 545 g/mol. The molecule has 2 aromatic rings. The second kappa shape index (κ2) is 12.2. The number of sulfonamides is 1. The third-order valence-electron chi connectivity index (χ3n) is 6.91. The molecule has 0 radical (unpaired) electrons. The zero-order valence-corrected chi connectivity index (χ0v) is 24.2. The van der Waals surface area contributed by atoms with E-state index in [0.29, 0.717) is 25.2 Å². The highest BCUT2D eigenvalue weighted by Gasteiger charge is 2.36. The minimum absolute atomic E-state index is 0.104. The normalized spacial score (nSPS) is 19.8. The lowest BCUT2D eigenvalue weighted by atomic mass is 9.87. The van der Waals surface area contributed by atoms with Crippen LogP contribution in [0.25, 0.3) is 0 Å². The Hall–Kier alpha value is -3.45. The summed E-state index contributed by atoms with van der Waals surface area (Å²) in [5, 5.41) is 0. The maximum atomic E-state index is 14.1. The molecular formula is C32H39N3O3S. The molecule has 206 valence electrons. The van der Waals surface area contributed by atoms with Crippen LogP contribution in [0.15, 0.2) is 94.5 Å². The van der Waals surface area contributed by atoms with Crippen LogP contribution in [0.4, 0.5) is 0 Å². The predicted octanol–water partition coefficient (Wildman–Crippen LogP) is 5.95. The van der Waals surface area contributed by atoms with E-state index in [1.165, 1.54) is 4.31 Å². The van der Waals surface area contributed by atoms with Crippen molar-refractivity contribution in [2.75, 3.05) is 13.1 Å². The van der Waals surface area contributed by atoms with Gasteiger partial charge < -0.3 is 4.90 Å². The average Bonchev–Trinajstić information content (AvgIpc) is 3.74. The van der Waals surface area contributed by atoms with Gasteiger partial charge in [0.2, 0.25) is 5.91 Å². The van der Waals surface area contributed by atoms with Gasteiger partial charge in [0, 0.05) is 24.5 Å². The van der Waals surface area contributed by atoms with Gasteiger partial charge in [-0.3, -0.25) is 14.1 Å². The van der Waals surface area contributed by atoms with Crippen molar-refractivity contribution < 1.29 is 13.2 Å². The molecule has 1 saturated carbocycles. The molecule has 7 heteroatoms. The van der Waals surface area contributed by atoms with Gasteiger partial charge in [-0.2, -0.15) is 0 Å². The van der Waals surface area contributed by atoms with Crippen molar-refractivity contribution in [2.24, 2.45) is 4.99 Å². The molecule has 1 aliphatic heterocycles. The molecule has 0 saturated heterocycles. The minimum Gasteiger partial charge on any atom is -0.334 e. The molecule has 1 amide bonds. The van der Waals surface area contributed by atoms with Gasteiger partial charge in [-0.1, -0.05) is 81.0 Å². The molecule has 6 nitrogen and oxygen atoms in total. The smallest absolute Gasteiger partial charge is 0.264 e.